The Morgan fingerprint density at radius 1 is 0.818 bits per heavy atom. The van der Waals surface area contributed by atoms with Gasteiger partial charge >= 0.3 is 0 Å². The first-order valence-electron chi connectivity index (χ1n) is 7.51. The molecule has 0 nitrogen and oxygen atoms in total. The summed E-state index contributed by atoms with van der Waals surface area (Å²) in [7, 11) is 0.630. The summed E-state index contributed by atoms with van der Waals surface area (Å²) in [6, 6.07) is 17.8. The van der Waals surface area contributed by atoms with E-state index >= 15 is 0 Å². The summed E-state index contributed by atoms with van der Waals surface area (Å²) in [6.45, 7) is 0. The lowest BCUT2D eigenvalue weighted by Gasteiger charge is -2.26. The lowest BCUT2D eigenvalue weighted by atomic mass is 9.90. The maximum Gasteiger partial charge on any atom is 0.111 e. The molecule has 0 unspecified atom stereocenters. The van der Waals surface area contributed by atoms with Gasteiger partial charge in [0.05, 0.1) is 6.26 Å². The number of halogens is 1. The molecule has 0 bridgehead atoms. The third kappa shape index (κ3) is 3.00. The van der Waals surface area contributed by atoms with Crippen LogP contribution in [0.5, 0.6) is 0 Å². The predicted molar refractivity (Wildman–Crippen MR) is 95.3 cm³/mol. The highest BCUT2D eigenvalue weighted by atomic mass is 127. The van der Waals surface area contributed by atoms with Crippen LogP contribution in [0.15, 0.2) is 63.9 Å². The quantitative estimate of drug-likeness (QED) is 0.382. The normalized spacial score (nSPS) is 20.0. The predicted octanol–water partition coefficient (Wildman–Crippen LogP) is 2.00. The number of benzene rings is 2. The second-order valence-electron chi connectivity index (χ2n) is 5.76. The van der Waals surface area contributed by atoms with Gasteiger partial charge in [-0.2, -0.15) is 0 Å². The molecule has 2 aromatic carbocycles. The lowest BCUT2D eigenvalue weighted by molar-refractivity contribution is -0.00000410. The van der Waals surface area contributed by atoms with E-state index in [0.29, 0.717) is 10.9 Å². The fourth-order valence-electron chi connectivity index (χ4n) is 3.24. The molecule has 1 fully saturated rings. The van der Waals surface area contributed by atoms with Gasteiger partial charge in [-0.1, -0.05) is 53.7 Å². The molecule has 2 aliphatic rings. The van der Waals surface area contributed by atoms with Crippen LogP contribution in [-0.2, 0) is 10.9 Å². The summed E-state index contributed by atoms with van der Waals surface area (Å²) in [5, 5.41) is 0. The van der Waals surface area contributed by atoms with Gasteiger partial charge in [0, 0.05) is 22.6 Å². The molecule has 0 atom stereocenters. The molecule has 22 heavy (non-hydrogen) atoms. The molecule has 3 heteroatoms. The molecule has 0 aliphatic carbocycles. The summed E-state index contributed by atoms with van der Waals surface area (Å²) in [4.78, 5) is 2.83. The Morgan fingerprint density at radius 2 is 1.32 bits per heavy atom. The topological polar surface area (TPSA) is 0 Å². The number of allylic oxidation sites excluding steroid dienone is 1. The minimum absolute atomic E-state index is 0. The van der Waals surface area contributed by atoms with E-state index in [4.69, 9.17) is 0 Å². The summed E-state index contributed by atoms with van der Waals surface area (Å²) in [5.41, 5.74) is 6.13. The highest BCUT2D eigenvalue weighted by Crippen LogP contribution is 2.47. The monoisotopic (exact) mass is 438 g/mol. The van der Waals surface area contributed by atoms with Crippen molar-refractivity contribution in [3.8, 4) is 0 Å². The van der Waals surface area contributed by atoms with Crippen molar-refractivity contribution in [2.75, 3.05) is 17.8 Å². The zero-order valence-corrected chi connectivity index (χ0v) is 16.4. The van der Waals surface area contributed by atoms with Crippen molar-refractivity contribution in [3.63, 3.8) is 0 Å². The van der Waals surface area contributed by atoms with Gasteiger partial charge in [-0.25, -0.2) is 0 Å². The van der Waals surface area contributed by atoms with Crippen LogP contribution >= 0.6 is 11.8 Å². The second kappa shape index (κ2) is 7.02. The van der Waals surface area contributed by atoms with Crippen molar-refractivity contribution < 1.29 is 24.0 Å². The van der Waals surface area contributed by atoms with Crippen molar-refractivity contribution in [2.24, 2.45) is 0 Å². The van der Waals surface area contributed by atoms with Crippen LogP contribution < -0.4 is 24.0 Å². The molecule has 0 radical (unpaired) electrons. The van der Waals surface area contributed by atoms with E-state index in [2.05, 4.69) is 54.8 Å². The lowest BCUT2D eigenvalue weighted by Crippen LogP contribution is -3.00. The van der Waals surface area contributed by atoms with E-state index in [1.165, 1.54) is 50.8 Å². The van der Waals surface area contributed by atoms with Gasteiger partial charge in [-0.3, -0.25) is 0 Å². The first kappa shape index (κ1) is 16.5. The fraction of sp³-hybridized carbons (Fsp3) is 0.263. The van der Waals surface area contributed by atoms with E-state index in [0.717, 1.165) is 0 Å². The van der Waals surface area contributed by atoms with Crippen molar-refractivity contribution >= 4 is 28.2 Å². The molecule has 0 amide bonds. The zero-order valence-electron chi connectivity index (χ0n) is 12.6. The summed E-state index contributed by atoms with van der Waals surface area (Å²) < 4.78 is 0. The van der Waals surface area contributed by atoms with Crippen LogP contribution in [0, 0.1) is 0 Å². The Kier molecular flexibility index (Phi) is 5.25. The molecule has 0 aromatic heterocycles. The van der Waals surface area contributed by atoms with Gasteiger partial charge in [-0.15, -0.1) is 0 Å². The molecule has 0 saturated carbocycles. The molecule has 2 heterocycles. The molecular weight excluding hydrogens is 419 g/mol. The molecular formula is C19H19IS2. The highest BCUT2D eigenvalue weighted by molar-refractivity contribution is 7.99. The van der Waals surface area contributed by atoms with Crippen molar-refractivity contribution in [2.45, 2.75) is 22.6 Å². The minimum Gasteiger partial charge on any atom is -1.00 e. The number of hydrogen-bond acceptors (Lipinski definition) is 1. The smallest absolute Gasteiger partial charge is 0.111 e. The molecule has 2 aliphatic heterocycles. The molecule has 0 spiro atoms. The molecule has 114 valence electrons. The fourth-order valence-corrected chi connectivity index (χ4v) is 5.72. The Bertz CT molecular complexity index is 663. The van der Waals surface area contributed by atoms with E-state index in [1.54, 1.807) is 5.57 Å². The average molecular weight is 438 g/mol. The van der Waals surface area contributed by atoms with Gasteiger partial charge in [0.2, 0.25) is 0 Å². The van der Waals surface area contributed by atoms with E-state index in [1.807, 2.05) is 11.8 Å². The number of fused-ring (bicyclic) bond motifs is 2. The van der Waals surface area contributed by atoms with Crippen molar-refractivity contribution in [1.29, 1.82) is 0 Å². The van der Waals surface area contributed by atoms with E-state index in [9.17, 15) is 0 Å². The van der Waals surface area contributed by atoms with Crippen LogP contribution in [0.1, 0.15) is 24.0 Å². The van der Waals surface area contributed by atoms with Gasteiger partial charge in [0.25, 0.3) is 0 Å². The SMILES string of the molecule is C[S+]1CCC(=C2c3ccccc3Sc3ccccc32)CC1.[I-]. The highest BCUT2D eigenvalue weighted by Gasteiger charge is 2.27. The third-order valence-electron chi connectivity index (χ3n) is 4.39. The van der Waals surface area contributed by atoms with Crippen LogP contribution in [0.25, 0.3) is 5.57 Å². The summed E-state index contributed by atoms with van der Waals surface area (Å²) in [5.74, 6) is 2.74. The molecule has 4 rings (SSSR count). The van der Waals surface area contributed by atoms with Crippen LogP contribution in [0.2, 0.25) is 0 Å². The largest absolute Gasteiger partial charge is 1.00 e. The first-order chi connectivity index (χ1) is 10.3. The van der Waals surface area contributed by atoms with Crippen molar-refractivity contribution in [1.82, 2.24) is 0 Å². The van der Waals surface area contributed by atoms with Crippen LogP contribution in [0.4, 0.5) is 0 Å². The average Bonchev–Trinajstić information content (AvgIpc) is 2.53. The zero-order chi connectivity index (χ0) is 14.2. The molecule has 1 saturated heterocycles. The Labute approximate surface area is 157 Å². The number of hydrogen-bond donors (Lipinski definition) is 0. The minimum atomic E-state index is 0. The third-order valence-corrected chi connectivity index (χ3v) is 7.34. The van der Waals surface area contributed by atoms with Crippen LogP contribution in [-0.4, -0.2) is 17.8 Å². The maximum atomic E-state index is 2.42. The van der Waals surface area contributed by atoms with Crippen molar-refractivity contribution in [3.05, 3.63) is 65.2 Å². The standard InChI is InChI=1S/C19H19S2.HI/c1-21-12-10-14(11-13-21)19-15-6-2-4-8-17(15)20-18-9-5-3-7-16(18)19;/h2-9H,10-13H2,1H3;1H/q+1;/p-1. The van der Waals surface area contributed by atoms with Crippen LogP contribution in [0.3, 0.4) is 0 Å². The Balaban J connectivity index is 0.00000144. The second-order valence-corrected chi connectivity index (χ2v) is 9.23. The van der Waals surface area contributed by atoms with Gasteiger partial charge in [-0.05, 0) is 39.7 Å². The summed E-state index contributed by atoms with van der Waals surface area (Å²) in [6.07, 6.45) is 4.98. The summed E-state index contributed by atoms with van der Waals surface area (Å²) >= 11 is 1.92. The first-order valence-corrected chi connectivity index (χ1v) is 10.3. The molecule has 2 aromatic rings. The number of rotatable bonds is 0. The maximum absolute atomic E-state index is 2.42. The Morgan fingerprint density at radius 3 is 1.86 bits per heavy atom. The van der Waals surface area contributed by atoms with Gasteiger partial charge in [0.15, 0.2) is 0 Å². The van der Waals surface area contributed by atoms with E-state index in [-0.39, 0.29) is 24.0 Å². The van der Waals surface area contributed by atoms with E-state index < -0.39 is 0 Å². The van der Waals surface area contributed by atoms with Gasteiger partial charge in [0.1, 0.15) is 11.5 Å². The van der Waals surface area contributed by atoms with Gasteiger partial charge < -0.3 is 24.0 Å². The Hall–Kier alpha value is -0.390. The molecule has 0 N–H and O–H groups in total.